The van der Waals surface area contributed by atoms with Crippen molar-refractivity contribution in [1.82, 2.24) is 5.32 Å². The molecule has 0 radical (unpaired) electrons. The Morgan fingerprint density at radius 3 is 2.56 bits per heavy atom. The molecule has 3 N–H and O–H groups in total. The summed E-state index contributed by atoms with van der Waals surface area (Å²) in [6.07, 6.45) is 4.30. The summed E-state index contributed by atoms with van der Waals surface area (Å²) in [5.74, 6) is 1.24. The lowest BCUT2D eigenvalue weighted by Gasteiger charge is -2.39. The number of fused-ring (bicyclic) bond motifs is 2. The molecule has 2 saturated carbocycles. The highest BCUT2D eigenvalue weighted by Gasteiger charge is 2.61. The van der Waals surface area contributed by atoms with Crippen molar-refractivity contribution in [1.29, 1.82) is 0 Å². The fourth-order valence-electron chi connectivity index (χ4n) is 4.08. The Kier molecular flexibility index (Phi) is 3.48. The molecule has 3 nitrogen and oxygen atoms in total. The van der Waals surface area contributed by atoms with Crippen LogP contribution in [0.4, 0.5) is 0 Å². The topological polar surface area (TPSA) is 55.1 Å². The van der Waals surface area contributed by atoms with E-state index in [2.05, 4.69) is 26.1 Å². The van der Waals surface area contributed by atoms with Crippen LogP contribution in [0, 0.1) is 22.7 Å². The monoisotopic (exact) mass is 252 g/mol. The SMILES string of the molecule is CC(CN)CC(=O)NC1CC2CCC1(C)C2(C)C. The Labute approximate surface area is 111 Å². The van der Waals surface area contributed by atoms with E-state index >= 15 is 0 Å². The van der Waals surface area contributed by atoms with Gasteiger partial charge < -0.3 is 11.1 Å². The van der Waals surface area contributed by atoms with Crippen LogP contribution in [0.5, 0.6) is 0 Å². The summed E-state index contributed by atoms with van der Waals surface area (Å²) in [5.41, 5.74) is 6.22. The van der Waals surface area contributed by atoms with Crippen molar-refractivity contribution < 1.29 is 4.79 Å². The van der Waals surface area contributed by atoms with Gasteiger partial charge in [0.1, 0.15) is 0 Å². The van der Waals surface area contributed by atoms with E-state index in [1.165, 1.54) is 12.8 Å². The largest absolute Gasteiger partial charge is 0.353 e. The second-order valence-electron chi connectivity index (χ2n) is 7.28. The number of carbonyl (C=O) groups excluding carboxylic acids is 1. The summed E-state index contributed by atoms with van der Waals surface area (Å²) in [4.78, 5) is 12.0. The van der Waals surface area contributed by atoms with Crippen LogP contribution >= 0.6 is 0 Å². The summed E-state index contributed by atoms with van der Waals surface area (Å²) < 4.78 is 0. The van der Waals surface area contributed by atoms with Gasteiger partial charge in [-0.05, 0) is 48.5 Å². The van der Waals surface area contributed by atoms with E-state index in [1.54, 1.807) is 0 Å². The third-order valence-corrected chi connectivity index (χ3v) is 6.07. The number of rotatable bonds is 4. The molecular formula is C15H28N2O. The highest BCUT2D eigenvalue weighted by atomic mass is 16.1. The van der Waals surface area contributed by atoms with Crippen LogP contribution in [0.15, 0.2) is 0 Å². The van der Waals surface area contributed by atoms with Crippen LogP contribution in [0.25, 0.3) is 0 Å². The maximum absolute atomic E-state index is 12.0. The average molecular weight is 252 g/mol. The van der Waals surface area contributed by atoms with Crippen molar-refractivity contribution in [2.45, 2.75) is 59.4 Å². The number of carbonyl (C=O) groups is 1. The molecule has 2 fully saturated rings. The molecule has 2 aliphatic carbocycles. The van der Waals surface area contributed by atoms with Crippen molar-refractivity contribution in [3.8, 4) is 0 Å². The lowest BCUT2D eigenvalue weighted by Crippen LogP contribution is -2.47. The minimum atomic E-state index is 0.183. The number of amides is 1. The predicted molar refractivity (Wildman–Crippen MR) is 74.0 cm³/mol. The second kappa shape index (κ2) is 4.52. The number of hydrogen-bond acceptors (Lipinski definition) is 2. The third-order valence-electron chi connectivity index (χ3n) is 6.07. The van der Waals surface area contributed by atoms with Gasteiger partial charge in [0, 0.05) is 12.5 Å². The Balaban J connectivity index is 1.98. The van der Waals surface area contributed by atoms with Crippen LogP contribution < -0.4 is 11.1 Å². The molecule has 0 spiro atoms. The highest BCUT2D eigenvalue weighted by Crippen LogP contribution is 2.65. The predicted octanol–water partition coefficient (Wildman–Crippen LogP) is 2.30. The van der Waals surface area contributed by atoms with Gasteiger partial charge in [0.05, 0.1) is 0 Å². The van der Waals surface area contributed by atoms with Gasteiger partial charge in [0.15, 0.2) is 0 Å². The Morgan fingerprint density at radius 2 is 2.11 bits per heavy atom. The summed E-state index contributed by atoms with van der Waals surface area (Å²) >= 11 is 0. The van der Waals surface area contributed by atoms with Crippen molar-refractivity contribution in [2.24, 2.45) is 28.4 Å². The Hall–Kier alpha value is -0.570. The lowest BCUT2D eigenvalue weighted by molar-refractivity contribution is -0.123. The minimum absolute atomic E-state index is 0.183. The van der Waals surface area contributed by atoms with Gasteiger partial charge in [-0.1, -0.05) is 27.7 Å². The first kappa shape index (κ1) is 13.9. The number of nitrogens with one attached hydrogen (secondary N) is 1. The molecule has 4 atom stereocenters. The van der Waals surface area contributed by atoms with E-state index in [-0.39, 0.29) is 17.2 Å². The van der Waals surface area contributed by atoms with Crippen LogP contribution in [0.3, 0.4) is 0 Å². The molecule has 3 heteroatoms. The molecular weight excluding hydrogens is 224 g/mol. The van der Waals surface area contributed by atoms with Crippen molar-refractivity contribution in [3.63, 3.8) is 0 Å². The molecule has 18 heavy (non-hydrogen) atoms. The lowest BCUT2D eigenvalue weighted by atomic mass is 9.69. The molecule has 0 heterocycles. The fourth-order valence-corrected chi connectivity index (χ4v) is 4.08. The van der Waals surface area contributed by atoms with Gasteiger partial charge >= 0.3 is 0 Å². The molecule has 4 unspecified atom stereocenters. The van der Waals surface area contributed by atoms with Crippen molar-refractivity contribution >= 4 is 5.91 Å². The average Bonchev–Trinajstić information content (AvgIpc) is 2.61. The highest BCUT2D eigenvalue weighted by molar-refractivity contribution is 5.76. The van der Waals surface area contributed by atoms with E-state index in [9.17, 15) is 4.79 Å². The molecule has 2 rings (SSSR count). The maximum atomic E-state index is 12.0. The zero-order chi connectivity index (χ0) is 13.6. The zero-order valence-electron chi connectivity index (χ0n) is 12.3. The van der Waals surface area contributed by atoms with Crippen LogP contribution in [0.2, 0.25) is 0 Å². The van der Waals surface area contributed by atoms with Crippen LogP contribution in [-0.2, 0) is 4.79 Å². The molecule has 0 saturated heterocycles. The first-order valence-electron chi connectivity index (χ1n) is 7.30. The van der Waals surface area contributed by atoms with Gasteiger partial charge in [-0.2, -0.15) is 0 Å². The van der Waals surface area contributed by atoms with Crippen molar-refractivity contribution in [3.05, 3.63) is 0 Å². The quantitative estimate of drug-likeness (QED) is 0.806. The smallest absolute Gasteiger partial charge is 0.220 e. The standard InChI is InChI=1S/C15H28N2O/c1-10(9-16)7-13(18)17-12-8-11-5-6-15(12,4)14(11,2)3/h10-12H,5-9,16H2,1-4H3,(H,17,18). The van der Waals surface area contributed by atoms with Crippen LogP contribution in [0.1, 0.15) is 53.4 Å². The molecule has 0 aromatic rings. The second-order valence-corrected chi connectivity index (χ2v) is 7.28. The molecule has 0 aromatic carbocycles. The Morgan fingerprint density at radius 1 is 1.44 bits per heavy atom. The molecule has 2 aliphatic rings. The normalized spacial score (nSPS) is 38.7. The Bertz CT molecular complexity index is 339. The van der Waals surface area contributed by atoms with Gasteiger partial charge in [0.2, 0.25) is 5.91 Å². The fraction of sp³-hybridized carbons (Fsp3) is 0.933. The summed E-state index contributed by atoms with van der Waals surface area (Å²) in [6, 6.07) is 0.365. The molecule has 104 valence electrons. The maximum Gasteiger partial charge on any atom is 0.220 e. The van der Waals surface area contributed by atoms with E-state index in [0.29, 0.717) is 24.4 Å². The number of nitrogens with two attached hydrogens (primary N) is 1. The first-order chi connectivity index (χ1) is 8.31. The summed E-state index contributed by atoms with van der Waals surface area (Å²) in [5, 5.41) is 3.28. The molecule has 2 bridgehead atoms. The van der Waals surface area contributed by atoms with Gasteiger partial charge in [-0.25, -0.2) is 0 Å². The molecule has 0 aliphatic heterocycles. The van der Waals surface area contributed by atoms with E-state index in [1.807, 2.05) is 6.92 Å². The third kappa shape index (κ3) is 1.97. The van der Waals surface area contributed by atoms with Crippen LogP contribution in [-0.4, -0.2) is 18.5 Å². The molecule has 0 aromatic heterocycles. The first-order valence-corrected chi connectivity index (χ1v) is 7.30. The zero-order valence-corrected chi connectivity index (χ0v) is 12.3. The summed E-state index contributed by atoms with van der Waals surface area (Å²) in [6.45, 7) is 9.73. The van der Waals surface area contributed by atoms with E-state index in [0.717, 1.165) is 12.3 Å². The molecule has 1 amide bonds. The van der Waals surface area contributed by atoms with Gasteiger partial charge in [-0.15, -0.1) is 0 Å². The summed E-state index contributed by atoms with van der Waals surface area (Å²) in [7, 11) is 0. The van der Waals surface area contributed by atoms with E-state index < -0.39 is 0 Å². The van der Waals surface area contributed by atoms with Crippen molar-refractivity contribution in [2.75, 3.05) is 6.54 Å². The van der Waals surface area contributed by atoms with Gasteiger partial charge in [-0.3, -0.25) is 4.79 Å². The van der Waals surface area contributed by atoms with E-state index in [4.69, 9.17) is 5.73 Å². The van der Waals surface area contributed by atoms with Gasteiger partial charge in [0.25, 0.3) is 0 Å². The number of hydrogen-bond donors (Lipinski definition) is 2. The minimum Gasteiger partial charge on any atom is -0.353 e.